The summed E-state index contributed by atoms with van der Waals surface area (Å²) in [5, 5.41) is 7.37. The molecule has 0 amide bonds. The first-order chi connectivity index (χ1) is 9.61. The lowest BCUT2D eigenvalue weighted by Crippen LogP contribution is -2.23. The number of halogens is 2. The number of nitrogens with zero attached hydrogens (tertiary/aromatic N) is 2. The normalized spacial score (nSPS) is 14.3. The van der Waals surface area contributed by atoms with Crippen molar-refractivity contribution in [3.05, 3.63) is 57.2 Å². The van der Waals surface area contributed by atoms with E-state index in [4.69, 9.17) is 11.6 Å². The van der Waals surface area contributed by atoms with Gasteiger partial charge in [-0.3, -0.25) is 4.79 Å². The van der Waals surface area contributed by atoms with Crippen LogP contribution in [0.2, 0.25) is 5.02 Å². The van der Waals surface area contributed by atoms with Crippen molar-refractivity contribution >= 4 is 17.3 Å². The predicted octanol–water partition coefficient (Wildman–Crippen LogP) is 2.66. The lowest BCUT2D eigenvalue weighted by molar-refractivity contribution is 0.619. The quantitative estimate of drug-likeness (QED) is 0.943. The number of hydrogen-bond donors (Lipinski definition) is 1. The minimum Gasteiger partial charge on any atom is -0.381 e. The second-order valence-corrected chi connectivity index (χ2v) is 5.31. The van der Waals surface area contributed by atoms with Gasteiger partial charge in [0.25, 0.3) is 5.56 Å². The van der Waals surface area contributed by atoms with E-state index in [0.29, 0.717) is 6.04 Å². The van der Waals surface area contributed by atoms with E-state index in [1.165, 1.54) is 22.9 Å². The zero-order valence-corrected chi connectivity index (χ0v) is 11.4. The van der Waals surface area contributed by atoms with E-state index in [1.807, 2.05) is 0 Å². The van der Waals surface area contributed by atoms with Crippen LogP contribution in [-0.4, -0.2) is 15.8 Å². The van der Waals surface area contributed by atoms with Crippen LogP contribution in [0.15, 0.2) is 35.3 Å². The molecule has 1 aromatic carbocycles. The van der Waals surface area contributed by atoms with Gasteiger partial charge >= 0.3 is 0 Å². The van der Waals surface area contributed by atoms with Gasteiger partial charge in [-0.15, -0.1) is 0 Å². The zero-order valence-electron chi connectivity index (χ0n) is 10.6. The van der Waals surface area contributed by atoms with Crippen molar-refractivity contribution in [2.75, 3.05) is 5.32 Å². The van der Waals surface area contributed by atoms with Gasteiger partial charge < -0.3 is 5.32 Å². The minimum atomic E-state index is -0.472. The molecule has 3 rings (SSSR count). The van der Waals surface area contributed by atoms with E-state index in [9.17, 15) is 9.18 Å². The Kier molecular flexibility index (Phi) is 3.44. The van der Waals surface area contributed by atoms with Crippen molar-refractivity contribution in [2.24, 2.45) is 0 Å². The Morgan fingerprint density at radius 3 is 2.85 bits per heavy atom. The molecule has 0 unspecified atom stereocenters. The van der Waals surface area contributed by atoms with E-state index < -0.39 is 5.82 Å². The first kappa shape index (κ1) is 13.1. The van der Waals surface area contributed by atoms with Gasteiger partial charge in [0, 0.05) is 12.1 Å². The van der Waals surface area contributed by atoms with Gasteiger partial charge in [-0.05, 0) is 30.5 Å². The summed E-state index contributed by atoms with van der Waals surface area (Å²) in [6.07, 6.45) is 3.90. The molecule has 0 radical (unpaired) electrons. The highest BCUT2D eigenvalue weighted by molar-refractivity contribution is 6.30. The fraction of sp³-hybridized carbons (Fsp3) is 0.286. The first-order valence-corrected chi connectivity index (χ1v) is 6.77. The fourth-order valence-corrected chi connectivity index (χ4v) is 2.11. The van der Waals surface area contributed by atoms with Gasteiger partial charge in [-0.2, -0.15) is 5.10 Å². The average Bonchev–Trinajstić information content (AvgIpc) is 3.21. The molecule has 0 spiro atoms. The molecule has 104 valence electrons. The topological polar surface area (TPSA) is 46.9 Å². The second kappa shape index (κ2) is 5.25. The van der Waals surface area contributed by atoms with Crippen LogP contribution in [0.4, 0.5) is 10.1 Å². The molecule has 6 heteroatoms. The summed E-state index contributed by atoms with van der Waals surface area (Å²) >= 11 is 5.72. The smallest absolute Gasteiger partial charge is 0.269 e. The van der Waals surface area contributed by atoms with Gasteiger partial charge in [-0.1, -0.05) is 17.7 Å². The van der Waals surface area contributed by atoms with Gasteiger partial charge in [0.05, 0.1) is 23.5 Å². The number of rotatable bonds is 4. The number of benzene rings is 1. The molecule has 1 aliphatic rings. The molecule has 1 fully saturated rings. The molecule has 0 saturated heterocycles. The Labute approximate surface area is 120 Å². The standard InChI is InChI=1S/C14H13ClFN3O/c15-12-5-9(1-4-13(12)16)8-19-14(20)6-11(7-17-19)18-10-2-3-10/h1,4-7,10,18H,2-3,8H2. The zero-order chi connectivity index (χ0) is 14.1. The molecule has 1 aromatic heterocycles. The van der Waals surface area contributed by atoms with Gasteiger partial charge in [-0.25, -0.2) is 9.07 Å². The van der Waals surface area contributed by atoms with E-state index in [0.717, 1.165) is 24.1 Å². The number of aromatic nitrogens is 2. The molecule has 0 bridgehead atoms. The van der Waals surface area contributed by atoms with Gasteiger partial charge in [0.15, 0.2) is 0 Å². The fourth-order valence-electron chi connectivity index (χ4n) is 1.91. The van der Waals surface area contributed by atoms with Gasteiger partial charge in [0.1, 0.15) is 5.82 Å². The monoisotopic (exact) mass is 293 g/mol. The van der Waals surface area contributed by atoms with Gasteiger partial charge in [0.2, 0.25) is 0 Å². The van der Waals surface area contributed by atoms with Crippen LogP contribution in [0.25, 0.3) is 0 Å². The maximum atomic E-state index is 13.1. The molecular formula is C14H13ClFN3O. The SMILES string of the molecule is O=c1cc(NC2CC2)cnn1Cc1ccc(F)c(Cl)c1. The molecule has 1 N–H and O–H groups in total. The summed E-state index contributed by atoms with van der Waals surface area (Å²) in [6, 6.07) is 6.37. The Balaban J connectivity index is 1.79. The molecule has 4 nitrogen and oxygen atoms in total. The highest BCUT2D eigenvalue weighted by atomic mass is 35.5. The third-order valence-electron chi connectivity index (χ3n) is 3.13. The van der Waals surface area contributed by atoms with Crippen LogP contribution in [0, 0.1) is 5.82 Å². The Bertz CT molecular complexity index is 697. The largest absolute Gasteiger partial charge is 0.381 e. The molecule has 20 heavy (non-hydrogen) atoms. The van der Waals surface area contributed by atoms with Crippen molar-refractivity contribution in [1.82, 2.24) is 9.78 Å². The lowest BCUT2D eigenvalue weighted by Gasteiger charge is -2.08. The second-order valence-electron chi connectivity index (χ2n) is 4.91. The Morgan fingerprint density at radius 2 is 2.20 bits per heavy atom. The average molecular weight is 294 g/mol. The van der Waals surface area contributed by atoms with Crippen molar-refractivity contribution in [1.29, 1.82) is 0 Å². The molecule has 0 atom stereocenters. The van der Waals surface area contributed by atoms with Crippen LogP contribution >= 0.6 is 11.6 Å². The Hall–Kier alpha value is -1.88. The Morgan fingerprint density at radius 1 is 1.40 bits per heavy atom. The van der Waals surface area contributed by atoms with Crippen LogP contribution in [-0.2, 0) is 6.54 Å². The summed E-state index contributed by atoms with van der Waals surface area (Å²) in [5.41, 5.74) is 1.27. The van der Waals surface area contributed by atoms with E-state index in [2.05, 4.69) is 10.4 Å². The summed E-state index contributed by atoms with van der Waals surface area (Å²) < 4.78 is 14.4. The van der Waals surface area contributed by atoms with Crippen molar-refractivity contribution < 1.29 is 4.39 Å². The highest BCUT2D eigenvalue weighted by Gasteiger charge is 2.21. The van der Waals surface area contributed by atoms with E-state index >= 15 is 0 Å². The summed E-state index contributed by atoms with van der Waals surface area (Å²) in [6.45, 7) is 0.266. The molecule has 0 aliphatic heterocycles. The third kappa shape index (κ3) is 2.99. The van der Waals surface area contributed by atoms with E-state index in [-0.39, 0.29) is 17.1 Å². The predicted molar refractivity (Wildman–Crippen MR) is 75.7 cm³/mol. The number of anilines is 1. The molecule has 1 aliphatic carbocycles. The number of hydrogen-bond acceptors (Lipinski definition) is 3. The summed E-state index contributed by atoms with van der Waals surface area (Å²) in [7, 11) is 0. The minimum absolute atomic E-state index is 0.0440. The van der Waals surface area contributed by atoms with Crippen LogP contribution in [0.5, 0.6) is 0 Å². The third-order valence-corrected chi connectivity index (χ3v) is 3.42. The first-order valence-electron chi connectivity index (χ1n) is 6.39. The maximum Gasteiger partial charge on any atom is 0.269 e. The molecule has 2 aromatic rings. The summed E-state index contributed by atoms with van der Waals surface area (Å²) in [5.74, 6) is -0.472. The maximum absolute atomic E-state index is 13.1. The van der Waals surface area contributed by atoms with Crippen molar-refractivity contribution in [3.8, 4) is 0 Å². The van der Waals surface area contributed by atoms with Crippen molar-refractivity contribution in [3.63, 3.8) is 0 Å². The molecule has 1 heterocycles. The van der Waals surface area contributed by atoms with E-state index in [1.54, 1.807) is 12.3 Å². The highest BCUT2D eigenvalue weighted by Crippen LogP contribution is 2.23. The molecule has 1 saturated carbocycles. The van der Waals surface area contributed by atoms with Crippen LogP contribution < -0.4 is 10.9 Å². The molecular weight excluding hydrogens is 281 g/mol. The number of nitrogens with one attached hydrogen (secondary N) is 1. The lowest BCUT2D eigenvalue weighted by atomic mass is 10.2. The van der Waals surface area contributed by atoms with Crippen LogP contribution in [0.3, 0.4) is 0 Å². The summed E-state index contributed by atoms with van der Waals surface area (Å²) in [4.78, 5) is 12.0. The van der Waals surface area contributed by atoms with Crippen LogP contribution in [0.1, 0.15) is 18.4 Å². The van der Waals surface area contributed by atoms with Crippen molar-refractivity contribution in [2.45, 2.75) is 25.4 Å².